The lowest BCUT2D eigenvalue weighted by Gasteiger charge is -2.11. The highest BCUT2D eigenvalue weighted by Gasteiger charge is 2.32. The summed E-state index contributed by atoms with van der Waals surface area (Å²) in [4.78, 5) is 0.101. The summed E-state index contributed by atoms with van der Waals surface area (Å²) in [6.45, 7) is 3.08. The summed E-state index contributed by atoms with van der Waals surface area (Å²) in [5.41, 5.74) is 6.54. The summed E-state index contributed by atoms with van der Waals surface area (Å²) >= 11 is 4.85. The maximum atomic E-state index is 13.5. The molecule has 2 atom stereocenters. The molecule has 1 aromatic carbocycles. The molecular weight excluding hydrogens is 223 g/mol. The second-order valence-corrected chi connectivity index (χ2v) is 4.82. The Morgan fingerprint density at radius 1 is 1.62 bits per heavy atom. The standard InChI is InChI=1S/C12H15FN2S/c1-7-5-8(7)6-15-10-4-2-3-9(13)11(10)12(14)16/h2-4,7-8,15H,5-6H2,1H3,(H2,14,16). The van der Waals surface area contributed by atoms with Crippen LogP contribution < -0.4 is 11.1 Å². The molecule has 0 heterocycles. The second kappa shape index (κ2) is 4.37. The minimum Gasteiger partial charge on any atom is -0.389 e. The van der Waals surface area contributed by atoms with Crippen molar-refractivity contribution < 1.29 is 4.39 Å². The summed E-state index contributed by atoms with van der Waals surface area (Å²) in [6, 6.07) is 4.85. The van der Waals surface area contributed by atoms with Gasteiger partial charge in [-0.05, 0) is 30.4 Å². The van der Waals surface area contributed by atoms with E-state index in [0.29, 0.717) is 17.2 Å². The molecule has 0 bridgehead atoms. The van der Waals surface area contributed by atoms with Crippen LogP contribution in [0.1, 0.15) is 18.9 Å². The van der Waals surface area contributed by atoms with Crippen LogP contribution in [0.15, 0.2) is 18.2 Å². The normalized spacial score (nSPS) is 22.9. The number of thiocarbonyl (C=S) groups is 1. The monoisotopic (exact) mass is 238 g/mol. The summed E-state index contributed by atoms with van der Waals surface area (Å²) in [6.07, 6.45) is 1.24. The molecule has 4 heteroatoms. The number of halogens is 1. The number of nitrogens with two attached hydrogens (primary N) is 1. The first kappa shape index (κ1) is 11.3. The predicted octanol–water partition coefficient (Wildman–Crippen LogP) is 2.53. The van der Waals surface area contributed by atoms with E-state index in [1.54, 1.807) is 6.07 Å². The average Bonchev–Trinajstić information content (AvgIpc) is 2.91. The minimum absolute atomic E-state index is 0.101. The number of hydrogen-bond donors (Lipinski definition) is 2. The molecule has 86 valence electrons. The minimum atomic E-state index is -0.360. The zero-order chi connectivity index (χ0) is 11.7. The van der Waals surface area contributed by atoms with Crippen molar-refractivity contribution in [3.63, 3.8) is 0 Å². The van der Waals surface area contributed by atoms with E-state index in [1.165, 1.54) is 12.5 Å². The van der Waals surface area contributed by atoms with E-state index < -0.39 is 0 Å². The van der Waals surface area contributed by atoms with Crippen molar-refractivity contribution in [3.05, 3.63) is 29.6 Å². The van der Waals surface area contributed by atoms with Gasteiger partial charge in [-0.1, -0.05) is 25.2 Å². The molecular formula is C12H15FN2S. The van der Waals surface area contributed by atoms with Crippen molar-refractivity contribution in [1.82, 2.24) is 0 Å². The summed E-state index contributed by atoms with van der Waals surface area (Å²) in [5, 5.41) is 3.22. The summed E-state index contributed by atoms with van der Waals surface area (Å²) in [7, 11) is 0. The molecule has 16 heavy (non-hydrogen) atoms. The van der Waals surface area contributed by atoms with Crippen LogP contribution in [0, 0.1) is 17.7 Å². The van der Waals surface area contributed by atoms with Crippen LogP contribution in [0.5, 0.6) is 0 Å². The molecule has 0 aromatic heterocycles. The number of nitrogens with one attached hydrogen (secondary N) is 1. The molecule has 2 rings (SSSR count). The molecule has 1 aliphatic carbocycles. The Balaban J connectivity index is 2.12. The highest BCUT2D eigenvalue weighted by molar-refractivity contribution is 7.80. The summed E-state index contributed by atoms with van der Waals surface area (Å²) in [5.74, 6) is 1.11. The van der Waals surface area contributed by atoms with Crippen LogP contribution in [-0.4, -0.2) is 11.5 Å². The third-order valence-corrected chi connectivity index (χ3v) is 3.29. The van der Waals surface area contributed by atoms with Gasteiger partial charge in [-0.3, -0.25) is 0 Å². The maximum absolute atomic E-state index is 13.5. The SMILES string of the molecule is CC1CC1CNc1cccc(F)c1C(N)=S. The third kappa shape index (κ3) is 2.32. The van der Waals surface area contributed by atoms with E-state index in [4.69, 9.17) is 18.0 Å². The largest absolute Gasteiger partial charge is 0.389 e. The Labute approximate surface area is 100 Å². The Bertz CT molecular complexity index is 419. The second-order valence-electron chi connectivity index (χ2n) is 4.38. The van der Waals surface area contributed by atoms with Gasteiger partial charge in [-0.15, -0.1) is 0 Å². The van der Waals surface area contributed by atoms with Crippen LogP contribution in [0.4, 0.5) is 10.1 Å². The molecule has 0 amide bonds. The maximum Gasteiger partial charge on any atom is 0.135 e. The van der Waals surface area contributed by atoms with Crippen molar-refractivity contribution in [2.75, 3.05) is 11.9 Å². The van der Waals surface area contributed by atoms with Crippen molar-refractivity contribution in [1.29, 1.82) is 0 Å². The van der Waals surface area contributed by atoms with E-state index in [-0.39, 0.29) is 10.8 Å². The fourth-order valence-electron chi connectivity index (χ4n) is 1.85. The Morgan fingerprint density at radius 3 is 2.88 bits per heavy atom. The van der Waals surface area contributed by atoms with Crippen molar-refractivity contribution >= 4 is 22.9 Å². The highest BCUT2D eigenvalue weighted by atomic mass is 32.1. The van der Waals surface area contributed by atoms with E-state index in [2.05, 4.69) is 12.2 Å². The molecule has 2 nitrogen and oxygen atoms in total. The predicted molar refractivity (Wildman–Crippen MR) is 68.0 cm³/mol. The van der Waals surface area contributed by atoms with Gasteiger partial charge in [-0.2, -0.15) is 0 Å². The average molecular weight is 238 g/mol. The van der Waals surface area contributed by atoms with Crippen LogP contribution in [-0.2, 0) is 0 Å². The molecule has 1 aromatic rings. The zero-order valence-corrected chi connectivity index (χ0v) is 9.98. The van der Waals surface area contributed by atoms with Gasteiger partial charge in [0.2, 0.25) is 0 Å². The van der Waals surface area contributed by atoms with Crippen LogP contribution in [0.2, 0.25) is 0 Å². The lowest BCUT2D eigenvalue weighted by Crippen LogP contribution is -2.16. The van der Waals surface area contributed by atoms with Crippen LogP contribution >= 0.6 is 12.2 Å². The van der Waals surface area contributed by atoms with E-state index in [9.17, 15) is 4.39 Å². The van der Waals surface area contributed by atoms with Crippen molar-refractivity contribution in [2.24, 2.45) is 17.6 Å². The molecule has 1 aliphatic rings. The molecule has 0 radical (unpaired) electrons. The molecule has 1 fully saturated rings. The number of benzene rings is 1. The van der Waals surface area contributed by atoms with Crippen molar-refractivity contribution in [2.45, 2.75) is 13.3 Å². The molecule has 0 saturated heterocycles. The molecule has 0 aliphatic heterocycles. The number of rotatable bonds is 4. The quantitative estimate of drug-likeness (QED) is 0.792. The van der Waals surface area contributed by atoms with Gasteiger partial charge in [0, 0.05) is 12.2 Å². The first-order chi connectivity index (χ1) is 7.59. The third-order valence-electron chi connectivity index (χ3n) is 3.09. The van der Waals surface area contributed by atoms with Crippen LogP contribution in [0.3, 0.4) is 0 Å². The van der Waals surface area contributed by atoms with Crippen molar-refractivity contribution in [3.8, 4) is 0 Å². The number of anilines is 1. The fraction of sp³-hybridized carbons (Fsp3) is 0.417. The lowest BCUT2D eigenvalue weighted by molar-refractivity contribution is 0.625. The molecule has 2 unspecified atom stereocenters. The smallest absolute Gasteiger partial charge is 0.135 e. The molecule has 3 N–H and O–H groups in total. The Kier molecular flexibility index (Phi) is 3.10. The van der Waals surface area contributed by atoms with Gasteiger partial charge in [-0.25, -0.2) is 4.39 Å². The van der Waals surface area contributed by atoms with E-state index in [0.717, 1.165) is 12.5 Å². The van der Waals surface area contributed by atoms with Gasteiger partial charge >= 0.3 is 0 Å². The first-order valence-corrected chi connectivity index (χ1v) is 5.82. The molecule has 0 spiro atoms. The highest BCUT2D eigenvalue weighted by Crippen LogP contribution is 2.37. The fourth-order valence-corrected chi connectivity index (χ4v) is 2.05. The molecule has 1 saturated carbocycles. The lowest BCUT2D eigenvalue weighted by atomic mass is 10.1. The van der Waals surface area contributed by atoms with E-state index in [1.807, 2.05) is 6.07 Å². The topological polar surface area (TPSA) is 38.0 Å². The number of hydrogen-bond acceptors (Lipinski definition) is 2. The van der Waals surface area contributed by atoms with Gasteiger partial charge in [0.25, 0.3) is 0 Å². The van der Waals surface area contributed by atoms with Gasteiger partial charge in [0.05, 0.1) is 5.56 Å². The van der Waals surface area contributed by atoms with Gasteiger partial charge in [0.1, 0.15) is 10.8 Å². The van der Waals surface area contributed by atoms with Gasteiger partial charge < -0.3 is 11.1 Å². The van der Waals surface area contributed by atoms with E-state index >= 15 is 0 Å². The zero-order valence-electron chi connectivity index (χ0n) is 9.16. The summed E-state index contributed by atoms with van der Waals surface area (Å²) < 4.78 is 13.5. The van der Waals surface area contributed by atoms with Crippen LogP contribution in [0.25, 0.3) is 0 Å². The first-order valence-electron chi connectivity index (χ1n) is 5.41. The Hall–Kier alpha value is -1.16. The van der Waals surface area contributed by atoms with Gasteiger partial charge in [0.15, 0.2) is 0 Å². The Morgan fingerprint density at radius 2 is 2.31 bits per heavy atom.